The van der Waals surface area contributed by atoms with E-state index in [0.29, 0.717) is 23.9 Å². The predicted molar refractivity (Wildman–Crippen MR) is 91.9 cm³/mol. The van der Waals surface area contributed by atoms with Crippen LogP contribution in [0, 0.1) is 24.2 Å². The van der Waals surface area contributed by atoms with Crippen LogP contribution in [0.1, 0.15) is 17.7 Å². The van der Waals surface area contributed by atoms with Crippen LogP contribution < -0.4 is 10.6 Å². The molecule has 8 heteroatoms. The Hall–Kier alpha value is -2.92. The summed E-state index contributed by atoms with van der Waals surface area (Å²) in [6.07, 6.45) is 2.58. The van der Waals surface area contributed by atoms with Crippen LogP contribution in [0.3, 0.4) is 0 Å². The summed E-state index contributed by atoms with van der Waals surface area (Å²) in [5.41, 5.74) is 1.28. The first-order valence-corrected chi connectivity index (χ1v) is 8.18. The van der Waals surface area contributed by atoms with Gasteiger partial charge in [0.2, 0.25) is 11.8 Å². The van der Waals surface area contributed by atoms with Gasteiger partial charge < -0.3 is 9.84 Å². The summed E-state index contributed by atoms with van der Waals surface area (Å²) in [6, 6.07) is 7.29. The standard InChI is InChI=1S/C17H20N6O2/c1-12-6-17(25-22-12)21-16(24)11-23-5-4-14(10-23)9-20-15-3-2-13(7-18)8-19-15/h2-3,6,8,14H,4-5,9-11H2,1H3,(H,19,20)(H,21,24). The van der Waals surface area contributed by atoms with E-state index in [2.05, 4.69) is 25.7 Å². The zero-order valence-electron chi connectivity index (χ0n) is 14.0. The molecule has 1 fully saturated rings. The van der Waals surface area contributed by atoms with E-state index in [1.165, 1.54) is 0 Å². The molecule has 1 amide bonds. The maximum Gasteiger partial charge on any atom is 0.240 e. The third-order valence-corrected chi connectivity index (χ3v) is 4.09. The molecule has 1 saturated heterocycles. The van der Waals surface area contributed by atoms with E-state index in [1.807, 2.05) is 6.07 Å². The molecule has 2 N–H and O–H groups in total. The van der Waals surface area contributed by atoms with E-state index in [-0.39, 0.29) is 5.91 Å². The average molecular weight is 340 g/mol. The number of nitriles is 1. The number of carbonyl (C=O) groups excluding carboxylic acids is 1. The quantitative estimate of drug-likeness (QED) is 0.823. The largest absolute Gasteiger partial charge is 0.370 e. The lowest BCUT2D eigenvalue weighted by Crippen LogP contribution is -2.32. The fourth-order valence-corrected chi connectivity index (χ4v) is 2.84. The van der Waals surface area contributed by atoms with Crippen LogP contribution in [0.4, 0.5) is 11.7 Å². The molecule has 2 aromatic heterocycles. The van der Waals surface area contributed by atoms with Gasteiger partial charge in [0.1, 0.15) is 11.9 Å². The number of aryl methyl sites for hydroxylation is 1. The molecule has 25 heavy (non-hydrogen) atoms. The van der Waals surface area contributed by atoms with Crippen molar-refractivity contribution in [2.45, 2.75) is 13.3 Å². The molecular formula is C17H20N6O2. The van der Waals surface area contributed by atoms with Crippen LogP contribution >= 0.6 is 0 Å². The topological polar surface area (TPSA) is 107 Å². The third-order valence-electron chi connectivity index (χ3n) is 4.09. The van der Waals surface area contributed by atoms with Crippen LogP contribution in [-0.2, 0) is 4.79 Å². The summed E-state index contributed by atoms with van der Waals surface area (Å²) < 4.78 is 4.99. The molecule has 1 aliphatic heterocycles. The van der Waals surface area contributed by atoms with E-state index >= 15 is 0 Å². The number of nitrogens with one attached hydrogen (secondary N) is 2. The predicted octanol–water partition coefficient (Wildman–Crippen LogP) is 1.62. The maximum absolute atomic E-state index is 12.0. The van der Waals surface area contributed by atoms with Crippen LogP contribution in [-0.4, -0.2) is 47.1 Å². The minimum absolute atomic E-state index is 0.0986. The maximum atomic E-state index is 12.0. The van der Waals surface area contributed by atoms with Crippen molar-refractivity contribution in [3.05, 3.63) is 35.7 Å². The second kappa shape index (κ2) is 7.77. The van der Waals surface area contributed by atoms with Crippen molar-refractivity contribution in [2.24, 2.45) is 5.92 Å². The van der Waals surface area contributed by atoms with Gasteiger partial charge in [-0.2, -0.15) is 5.26 Å². The van der Waals surface area contributed by atoms with E-state index in [1.54, 1.807) is 31.3 Å². The molecule has 3 heterocycles. The SMILES string of the molecule is Cc1cc(NC(=O)CN2CCC(CNc3ccc(C#N)cn3)C2)on1. The number of pyridine rings is 1. The average Bonchev–Trinajstić information content (AvgIpc) is 3.22. The Morgan fingerprint density at radius 1 is 1.52 bits per heavy atom. The Morgan fingerprint density at radius 3 is 3.08 bits per heavy atom. The molecule has 0 bridgehead atoms. The molecule has 1 aliphatic rings. The summed E-state index contributed by atoms with van der Waals surface area (Å²) in [5.74, 6) is 1.50. The van der Waals surface area contributed by atoms with Gasteiger partial charge in [-0.1, -0.05) is 5.16 Å². The minimum atomic E-state index is -0.0986. The van der Waals surface area contributed by atoms with Crippen LogP contribution in [0.2, 0.25) is 0 Å². The normalized spacial score (nSPS) is 17.2. The molecule has 0 aliphatic carbocycles. The summed E-state index contributed by atoms with van der Waals surface area (Å²) >= 11 is 0. The van der Waals surface area contributed by atoms with Crippen molar-refractivity contribution in [3.8, 4) is 6.07 Å². The highest BCUT2D eigenvalue weighted by molar-refractivity contribution is 5.90. The van der Waals surface area contributed by atoms with Gasteiger partial charge in [0.25, 0.3) is 0 Å². The Kier molecular flexibility index (Phi) is 5.26. The zero-order valence-corrected chi connectivity index (χ0v) is 14.0. The van der Waals surface area contributed by atoms with E-state index in [0.717, 1.165) is 37.6 Å². The van der Waals surface area contributed by atoms with Gasteiger partial charge in [-0.3, -0.25) is 15.0 Å². The number of hydrogen-bond acceptors (Lipinski definition) is 7. The zero-order chi connectivity index (χ0) is 17.6. The van der Waals surface area contributed by atoms with E-state index < -0.39 is 0 Å². The second-order valence-corrected chi connectivity index (χ2v) is 6.20. The fraction of sp³-hybridized carbons (Fsp3) is 0.412. The second-order valence-electron chi connectivity index (χ2n) is 6.20. The van der Waals surface area contributed by atoms with Crippen molar-refractivity contribution in [2.75, 3.05) is 36.8 Å². The molecule has 0 aromatic carbocycles. The highest BCUT2D eigenvalue weighted by Crippen LogP contribution is 2.17. The molecule has 0 spiro atoms. The van der Waals surface area contributed by atoms with Gasteiger partial charge >= 0.3 is 0 Å². The first-order chi connectivity index (χ1) is 12.1. The highest BCUT2D eigenvalue weighted by atomic mass is 16.5. The number of aromatic nitrogens is 2. The van der Waals surface area contributed by atoms with Gasteiger partial charge in [0, 0.05) is 25.4 Å². The van der Waals surface area contributed by atoms with Gasteiger partial charge in [0.15, 0.2) is 0 Å². The highest BCUT2D eigenvalue weighted by Gasteiger charge is 2.24. The Labute approximate surface area is 145 Å². The van der Waals surface area contributed by atoms with Crippen molar-refractivity contribution < 1.29 is 9.32 Å². The molecular weight excluding hydrogens is 320 g/mol. The monoisotopic (exact) mass is 340 g/mol. The molecule has 3 rings (SSSR count). The van der Waals surface area contributed by atoms with Gasteiger partial charge in [0.05, 0.1) is 17.8 Å². The number of carbonyl (C=O) groups is 1. The van der Waals surface area contributed by atoms with Crippen molar-refractivity contribution in [1.82, 2.24) is 15.0 Å². The van der Waals surface area contributed by atoms with Crippen molar-refractivity contribution in [1.29, 1.82) is 5.26 Å². The minimum Gasteiger partial charge on any atom is -0.370 e. The molecule has 1 atom stereocenters. The first-order valence-electron chi connectivity index (χ1n) is 8.18. The van der Waals surface area contributed by atoms with Crippen LogP contribution in [0.25, 0.3) is 0 Å². The van der Waals surface area contributed by atoms with Gasteiger partial charge in [-0.05, 0) is 37.9 Å². The summed E-state index contributed by atoms with van der Waals surface area (Å²) in [7, 11) is 0. The third kappa shape index (κ3) is 4.78. The fourth-order valence-electron chi connectivity index (χ4n) is 2.84. The number of likely N-dealkylation sites (tertiary alicyclic amines) is 1. The summed E-state index contributed by atoms with van der Waals surface area (Å²) in [4.78, 5) is 18.4. The number of rotatable bonds is 6. The van der Waals surface area contributed by atoms with Crippen LogP contribution in [0.5, 0.6) is 0 Å². The summed E-state index contributed by atoms with van der Waals surface area (Å²) in [5, 5.41) is 18.5. The summed E-state index contributed by atoms with van der Waals surface area (Å²) in [6.45, 7) is 4.67. The van der Waals surface area contributed by atoms with E-state index in [9.17, 15) is 4.79 Å². The lowest BCUT2D eigenvalue weighted by Gasteiger charge is -2.15. The molecule has 0 radical (unpaired) electrons. The smallest absolute Gasteiger partial charge is 0.240 e. The molecule has 1 unspecified atom stereocenters. The number of anilines is 2. The number of nitrogens with zero attached hydrogens (tertiary/aromatic N) is 4. The van der Waals surface area contributed by atoms with Crippen molar-refractivity contribution >= 4 is 17.6 Å². The molecule has 130 valence electrons. The van der Waals surface area contributed by atoms with Crippen LogP contribution in [0.15, 0.2) is 28.9 Å². The molecule has 8 nitrogen and oxygen atoms in total. The first kappa shape index (κ1) is 16.9. The number of hydrogen-bond donors (Lipinski definition) is 2. The Bertz CT molecular complexity index is 764. The Morgan fingerprint density at radius 2 is 2.40 bits per heavy atom. The van der Waals surface area contributed by atoms with E-state index in [4.69, 9.17) is 9.78 Å². The lowest BCUT2D eigenvalue weighted by atomic mass is 10.1. The van der Waals surface area contributed by atoms with Gasteiger partial charge in [-0.25, -0.2) is 4.98 Å². The number of amides is 1. The Balaban J connectivity index is 1.40. The lowest BCUT2D eigenvalue weighted by molar-refractivity contribution is -0.117. The van der Waals surface area contributed by atoms with Gasteiger partial charge in [-0.15, -0.1) is 0 Å². The molecule has 2 aromatic rings. The van der Waals surface area contributed by atoms with Crippen molar-refractivity contribution in [3.63, 3.8) is 0 Å². The molecule has 0 saturated carbocycles.